The fourth-order valence-electron chi connectivity index (χ4n) is 3.51. The molecule has 0 radical (unpaired) electrons. The van der Waals surface area contributed by atoms with Crippen molar-refractivity contribution in [2.24, 2.45) is 0 Å². The summed E-state index contributed by atoms with van der Waals surface area (Å²) in [5, 5.41) is 0. The number of rotatable bonds is 4. The number of methoxy groups -OCH3 is 1. The summed E-state index contributed by atoms with van der Waals surface area (Å²) in [6.07, 6.45) is 1.64. The molecule has 2 aromatic rings. The summed E-state index contributed by atoms with van der Waals surface area (Å²) in [7, 11) is -2.00. The van der Waals surface area contributed by atoms with Crippen LogP contribution in [0.1, 0.15) is 24.4 Å². The van der Waals surface area contributed by atoms with Crippen molar-refractivity contribution in [1.82, 2.24) is 4.31 Å². The minimum atomic E-state index is -3.62. The van der Waals surface area contributed by atoms with Gasteiger partial charge in [-0.15, -0.1) is 0 Å². The normalized spacial score (nSPS) is 20.1. The van der Waals surface area contributed by atoms with Crippen molar-refractivity contribution >= 4 is 10.0 Å². The van der Waals surface area contributed by atoms with E-state index in [9.17, 15) is 8.42 Å². The molecule has 1 unspecified atom stereocenters. The summed E-state index contributed by atoms with van der Waals surface area (Å²) in [6.45, 7) is 1.41. The van der Waals surface area contributed by atoms with Crippen LogP contribution in [-0.4, -0.2) is 39.6 Å². The van der Waals surface area contributed by atoms with Gasteiger partial charge in [0, 0.05) is 12.6 Å². The Morgan fingerprint density at radius 3 is 2.50 bits per heavy atom. The van der Waals surface area contributed by atoms with Crippen LogP contribution < -0.4 is 14.2 Å². The molecule has 1 atom stereocenters. The van der Waals surface area contributed by atoms with E-state index < -0.39 is 10.0 Å². The van der Waals surface area contributed by atoms with Gasteiger partial charge < -0.3 is 14.2 Å². The van der Waals surface area contributed by atoms with Crippen molar-refractivity contribution in [3.63, 3.8) is 0 Å². The molecule has 138 valence electrons. The number of benzene rings is 2. The highest BCUT2D eigenvalue weighted by Crippen LogP contribution is 2.39. The molecule has 0 spiro atoms. The van der Waals surface area contributed by atoms with E-state index >= 15 is 0 Å². The van der Waals surface area contributed by atoms with E-state index in [2.05, 4.69) is 0 Å². The highest BCUT2D eigenvalue weighted by atomic mass is 32.2. The molecule has 4 rings (SSSR count). The minimum Gasteiger partial charge on any atom is -0.497 e. The lowest BCUT2D eigenvalue weighted by Gasteiger charge is -2.25. The summed E-state index contributed by atoms with van der Waals surface area (Å²) in [5.41, 5.74) is 0.976. The van der Waals surface area contributed by atoms with Gasteiger partial charge in [-0.3, -0.25) is 0 Å². The van der Waals surface area contributed by atoms with E-state index in [0.29, 0.717) is 31.3 Å². The standard InChI is InChI=1S/C19H21NO5S/c1-23-15-6-4-14(5-7-15)17-3-2-10-20(17)26(21,22)16-8-9-18-19(13-16)25-12-11-24-18/h4-9,13,17H,2-3,10-12H2,1H3. The molecule has 0 N–H and O–H groups in total. The third-order valence-corrected chi connectivity index (χ3v) is 6.73. The number of sulfonamides is 1. The van der Waals surface area contributed by atoms with E-state index in [0.717, 1.165) is 24.2 Å². The molecular formula is C19H21NO5S. The van der Waals surface area contributed by atoms with Crippen molar-refractivity contribution < 1.29 is 22.6 Å². The third kappa shape index (κ3) is 3.01. The van der Waals surface area contributed by atoms with Crippen LogP contribution in [0.4, 0.5) is 0 Å². The van der Waals surface area contributed by atoms with Crippen LogP contribution in [0.5, 0.6) is 17.2 Å². The van der Waals surface area contributed by atoms with Crippen LogP contribution in [0.3, 0.4) is 0 Å². The molecule has 0 saturated carbocycles. The van der Waals surface area contributed by atoms with Gasteiger partial charge >= 0.3 is 0 Å². The lowest BCUT2D eigenvalue weighted by Crippen LogP contribution is -2.30. The predicted molar refractivity (Wildman–Crippen MR) is 96.3 cm³/mol. The summed E-state index contributed by atoms with van der Waals surface area (Å²) in [4.78, 5) is 0.238. The molecule has 0 amide bonds. The van der Waals surface area contributed by atoms with E-state index in [1.165, 1.54) is 0 Å². The molecule has 26 heavy (non-hydrogen) atoms. The van der Waals surface area contributed by atoms with Gasteiger partial charge in [-0.1, -0.05) is 12.1 Å². The highest BCUT2D eigenvalue weighted by Gasteiger charge is 2.36. The summed E-state index contributed by atoms with van der Waals surface area (Å²) < 4.78 is 44.3. The maximum absolute atomic E-state index is 13.2. The zero-order valence-electron chi connectivity index (χ0n) is 14.6. The van der Waals surface area contributed by atoms with Gasteiger partial charge in [0.2, 0.25) is 10.0 Å². The number of hydrogen-bond acceptors (Lipinski definition) is 5. The molecule has 6 nitrogen and oxygen atoms in total. The quantitative estimate of drug-likeness (QED) is 0.822. The number of nitrogens with zero attached hydrogens (tertiary/aromatic N) is 1. The van der Waals surface area contributed by atoms with Gasteiger partial charge in [-0.05, 0) is 42.7 Å². The van der Waals surface area contributed by atoms with Crippen molar-refractivity contribution in [1.29, 1.82) is 0 Å². The predicted octanol–water partition coefficient (Wildman–Crippen LogP) is 2.99. The first kappa shape index (κ1) is 17.2. The number of fused-ring (bicyclic) bond motifs is 1. The topological polar surface area (TPSA) is 65.1 Å². The first-order valence-corrected chi connectivity index (χ1v) is 10.1. The minimum absolute atomic E-state index is 0.167. The Morgan fingerprint density at radius 2 is 1.77 bits per heavy atom. The van der Waals surface area contributed by atoms with E-state index in [1.54, 1.807) is 29.6 Å². The van der Waals surface area contributed by atoms with Crippen LogP contribution in [0.2, 0.25) is 0 Å². The lowest BCUT2D eigenvalue weighted by atomic mass is 10.1. The number of hydrogen-bond donors (Lipinski definition) is 0. The van der Waals surface area contributed by atoms with Crippen LogP contribution in [0.15, 0.2) is 47.4 Å². The molecule has 1 saturated heterocycles. The average molecular weight is 375 g/mol. The summed E-state index contributed by atoms with van der Waals surface area (Å²) in [6, 6.07) is 12.2. The number of ether oxygens (including phenoxy) is 3. The largest absolute Gasteiger partial charge is 0.497 e. The SMILES string of the molecule is COc1ccc(C2CCCN2S(=O)(=O)c2ccc3c(c2)OCCO3)cc1. The van der Waals surface area contributed by atoms with Gasteiger partial charge in [-0.2, -0.15) is 4.31 Å². The second-order valence-corrected chi connectivity index (χ2v) is 8.24. The van der Waals surface area contributed by atoms with Gasteiger partial charge in [-0.25, -0.2) is 8.42 Å². The zero-order valence-corrected chi connectivity index (χ0v) is 15.4. The van der Waals surface area contributed by atoms with Gasteiger partial charge in [0.05, 0.1) is 18.0 Å². The van der Waals surface area contributed by atoms with Crippen molar-refractivity contribution in [3.05, 3.63) is 48.0 Å². The second-order valence-electron chi connectivity index (χ2n) is 6.35. The Hall–Kier alpha value is -2.25. The van der Waals surface area contributed by atoms with Crippen molar-refractivity contribution in [2.45, 2.75) is 23.8 Å². The lowest BCUT2D eigenvalue weighted by molar-refractivity contribution is 0.171. The van der Waals surface area contributed by atoms with Gasteiger partial charge in [0.25, 0.3) is 0 Å². The van der Waals surface area contributed by atoms with Crippen LogP contribution in [-0.2, 0) is 10.0 Å². The van der Waals surface area contributed by atoms with E-state index in [-0.39, 0.29) is 10.9 Å². The smallest absolute Gasteiger partial charge is 0.243 e. The van der Waals surface area contributed by atoms with Crippen LogP contribution >= 0.6 is 0 Å². The molecule has 0 aliphatic carbocycles. The Morgan fingerprint density at radius 1 is 1.04 bits per heavy atom. The molecule has 2 heterocycles. The first-order chi connectivity index (χ1) is 12.6. The van der Waals surface area contributed by atoms with Crippen LogP contribution in [0, 0.1) is 0 Å². The highest BCUT2D eigenvalue weighted by molar-refractivity contribution is 7.89. The van der Waals surface area contributed by atoms with Crippen molar-refractivity contribution in [2.75, 3.05) is 26.9 Å². The third-order valence-electron chi connectivity index (χ3n) is 4.82. The summed E-state index contributed by atoms with van der Waals surface area (Å²) >= 11 is 0. The average Bonchev–Trinajstić information content (AvgIpc) is 3.18. The molecular weight excluding hydrogens is 354 g/mol. The second kappa shape index (κ2) is 6.81. The summed E-state index contributed by atoms with van der Waals surface area (Å²) in [5.74, 6) is 1.83. The molecule has 2 aliphatic heterocycles. The Kier molecular flexibility index (Phi) is 4.50. The molecule has 2 aliphatic rings. The van der Waals surface area contributed by atoms with E-state index in [1.807, 2.05) is 24.3 Å². The Balaban J connectivity index is 1.65. The Labute approximate surface area is 153 Å². The van der Waals surface area contributed by atoms with Crippen molar-refractivity contribution in [3.8, 4) is 17.2 Å². The maximum Gasteiger partial charge on any atom is 0.243 e. The molecule has 0 bridgehead atoms. The van der Waals surface area contributed by atoms with Gasteiger partial charge in [0.15, 0.2) is 11.5 Å². The fourth-order valence-corrected chi connectivity index (χ4v) is 5.20. The fraction of sp³-hybridized carbons (Fsp3) is 0.368. The molecule has 1 fully saturated rings. The molecule has 7 heteroatoms. The Bertz CT molecular complexity index is 895. The zero-order chi connectivity index (χ0) is 18.1. The van der Waals surface area contributed by atoms with Gasteiger partial charge in [0.1, 0.15) is 19.0 Å². The first-order valence-electron chi connectivity index (χ1n) is 8.65. The molecule has 0 aromatic heterocycles. The maximum atomic E-state index is 13.2. The monoisotopic (exact) mass is 375 g/mol. The van der Waals surface area contributed by atoms with Crippen LogP contribution in [0.25, 0.3) is 0 Å². The van der Waals surface area contributed by atoms with E-state index in [4.69, 9.17) is 14.2 Å². The molecule has 2 aromatic carbocycles.